The van der Waals surface area contributed by atoms with Crippen LogP contribution in [0.3, 0.4) is 0 Å². The van der Waals surface area contributed by atoms with Crippen LogP contribution >= 0.6 is 0 Å². The Balaban J connectivity index is 2.02. The molecule has 0 aliphatic heterocycles. The van der Waals surface area contributed by atoms with Gasteiger partial charge in [-0.1, -0.05) is 35.5 Å². The third-order valence-corrected chi connectivity index (χ3v) is 3.11. The number of methoxy groups -OCH3 is 1. The minimum atomic E-state index is -0.735. The lowest BCUT2D eigenvalue weighted by molar-refractivity contribution is -0.141. The van der Waals surface area contributed by atoms with Crippen molar-refractivity contribution < 1.29 is 28.4 Å². The molecule has 0 spiro atoms. The van der Waals surface area contributed by atoms with Crippen LogP contribution in [0.25, 0.3) is 11.3 Å². The number of rotatable bonds is 6. The van der Waals surface area contributed by atoms with Gasteiger partial charge in [0, 0.05) is 5.56 Å². The number of hydrogen-bond acceptors (Lipinski definition) is 7. The van der Waals surface area contributed by atoms with Crippen LogP contribution in [-0.4, -0.2) is 43.3 Å². The molecule has 1 amide bonds. The first-order valence-electron chi connectivity index (χ1n) is 7.05. The number of aryl methyl sites for hydroxylation is 1. The third-order valence-electron chi connectivity index (χ3n) is 3.11. The molecule has 8 heteroatoms. The van der Waals surface area contributed by atoms with E-state index in [-0.39, 0.29) is 17.9 Å². The molecule has 2 aromatic rings. The van der Waals surface area contributed by atoms with Gasteiger partial charge in [-0.05, 0) is 6.92 Å². The van der Waals surface area contributed by atoms with Crippen LogP contribution < -0.4 is 5.32 Å². The first-order chi connectivity index (χ1) is 11.5. The van der Waals surface area contributed by atoms with Gasteiger partial charge in [0.15, 0.2) is 6.61 Å². The van der Waals surface area contributed by atoms with Crippen molar-refractivity contribution in [1.82, 2.24) is 10.5 Å². The number of aromatic nitrogens is 1. The van der Waals surface area contributed by atoms with E-state index >= 15 is 0 Å². The molecule has 0 unspecified atom stereocenters. The molecule has 0 radical (unpaired) electrons. The molecule has 1 heterocycles. The zero-order chi connectivity index (χ0) is 17.5. The summed E-state index contributed by atoms with van der Waals surface area (Å²) in [5.41, 5.74) is 1.19. The fourth-order valence-corrected chi connectivity index (χ4v) is 1.90. The number of esters is 2. The molecule has 0 aliphatic rings. The molecular formula is C16H16N2O6. The average molecular weight is 332 g/mol. The number of carbonyl (C=O) groups excluding carboxylic acids is 3. The van der Waals surface area contributed by atoms with E-state index in [2.05, 4.69) is 15.2 Å². The van der Waals surface area contributed by atoms with Gasteiger partial charge >= 0.3 is 11.9 Å². The van der Waals surface area contributed by atoms with Gasteiger partial charge in [0.25, 0.3) is 5.91 Å². The number of hydrogen-bond donors (Lipinski definition) is 1. The SMILES string of the molecule is COC(=O)CNC(=O)COC(=O)c1c(-c2ccccc2)noc1C. The van der Waals surface area contributed by atoms with Crippen molar-refractivity contribution in [2.75, 3.05) is 20.3 Å². The molecule has 8 nitrogen and oxygen atoms in total. The summed E-state index contributed by atoms with van der Waals surface area (Å²) in [5, 5.41) is 6.13. The molecule has 0 saturated carbocycles. The zero-order valence-electron chi connectivity index (χ0n) is 13.2. The number of carbonyl (C=O) groups is 3. The van der Waals surface area contributed by atoms with Crippen molar-refractivity contribution in [2.45, 2.75) is 6.92 Å². The minimum Gasteiger partial charge on any atom is -0.468 e. The molecule has 0 bridgehead atoms. The van der Waals surface area contributed by atoms with Gasteiger partial charge in [-0.15, -0.1) is 0 Å². The Morgan fingerprint density at radius 3 is 2.58 bits per heavy atom. The highest BCUT2D eigenvalue weighted by molar-refractivity contribution is 5.98. The highest BCUT2D eigenvalue weighted by atomic mass is 16.5. The van der Waals surface area contributed by atoms with Crippen LogP contribution in [0.2, 0.25) is 0 Å². The van der Waals surface area contributed by atoms with Crippen molar-refractivity contribution in [3.63, 3.8) is 0 Å². The maximum absolute atomic E-state index is 12.2. The first-order valence-corrected chi connectivity index (χ1v) is 7.05. The van der Waals surface area contributed by atoms with E-state index in [1.807, 2.05) is 6.07 Å². The summed E-state index contributed by atoms with van der Waals surface area (Å²) in [6, 6.07) is 8.98. The van der Waals surface area contributed by atoms with Crippen LogP contribution in [0.15, 0.2) is 34.9 Å². The van der Waals surface area contributed by atoms with E-state index in [9.17, 15) is 14.4 Å². The van der Waals surface area contributed by atoms with Gasteiger partial charge in [-0.2, -0.15) is 0 Å². The average Bonchev–Trinajstić information content (AvgIpc) is 2.99. The number of amides is 1. The number of nitrogens with one attached hydrogen (secondary N) is 1. The van der Waals surface area contributed by atoms with Gasteiger partial charge in [0.05, 0.1) is 7.11 Å². The molecule has 0 atom stereocenters. The predicted molar refractivity (Wildman–Crippen MR) is 82.0 cm³/mol. The highest BCUT2D eigenvalue weighted by Crippen LogP contribution is 2.25. The molecule has 1 N–H and O–H groups in total. The number of ether oxygens (including phenoxy) is 2. The summed E-state index contributed by atoms with van der Waals surface area (Å²) in [7, 11) is 1.20. The summed E-state index contributed by atoms with van der Waals surface area (Å²) in [6.07, 6.45) is 0. The van der Waals surface area contributed by atoms with E-state index in [1.54, 1.807) is 31.2 Å². The summed E-state index contributed by atoms with van der Waals surface area (Å²) in [5.74, 6) is -1.67. The molecule has 0 saturated heterocycles. The largest absolute Gasteiger partial charge is 0.468 e. The zero-order valence-corrected chi connectivity index (χ0v) is 13.2. The van der Waals surface area contributed by atoms with E-state index in [0.29, 0.717) is 11.3 Å². The highest BCUT2D eigenvalue weighted by Gasteiger charge is 2.23. The fourth-order valence-electron chi connectivity index (χ4n) is 1.90. The van der Waals surface area contributed by atoms with E-state index < -0.39 is 24.5 Å². The summed E-state index contributed by atoms with van der Waals surface area (Å²) >= 11 is 0. The van der Waals surface area contributed by atoms with Crippen LogP contribution in [0, 0.1) is 6.92 Å². The smallest absolute Gasteiger partial charge is 0.344 e. The molecule has 126 valence electrons. The first kappa shape index (κ1) is 17.2. The molecule has 24 heavy (non-hydrogen) atoms. The van der Waals surface area contributed by atoms with Gasteiger partial charge in [-0.25, -0.2) is 4.79 Å². The lowest BCUT2D eigenvalue weighted by atomic mass is 10.1. The van der Waals surface area contributed by atoms with E-state index in [4.69, 9.17) is 9.26 Å². The van der Waals surface area contributed by atoms with Crippen LogP contribution in [0.1, 0.15) is 16.1 Å². The standard InChI is InChI=1S/C16H16N2O6/c1-10-14(15(18-24-10)11-6-4-3-5-7-11)16(21)23-9-12(19)17-8-13(20)22-2/h3-7H,8-9H2,1-2H3,(H,17,19). The van der Waals surface area contributed by atoms with Gasteiger partial charge < -0.3 is 19.3 Å². The lowest BCUT2D eigenvalue weighted by Crippen LogP contribution is -2.33. The van der Waals surface area contributed by atoms with Crippen LogP contribution in [0.5, 0.6) is 0 Å². The Morgan fingerprint density at radius 2 is 1.92 bits per heavy atom. The van der Waals surface area contributed by atoms with Crippen LogP contribution in [0.4, 0.5) is 0 Å². The second-order valence-corrected chi connectivity index (χ2v) is 4.76. The Morgan fingerprint density at radius 1 is 1.21 bits per heavy atom. The van der Waals surface area contributed by atoms with Gasteiger partial charge in [0.2, 0.25) is 0 Å². The summed E-state index contributed by atoms with van der Waals surface area (Å²) < 4.78 is 14.4. The Hall–Kier alpha value is -3.16. The second kappa shape index (κ2) is 7.91. The van der Waals surface area contributed by atoms with Crippen molar-refractivity contribution in [3.05, 3.63) is 41.7 Å². The van der Waals surface area contributed by atoms with Crippen molar-refractivity contribution >= 4 is 17.8 Å². The third kappa shape index (κ3) is 4.19. The van der Waals surface area contributed by atoms with Crippen molar-refractivity contribution in [3.8, 4) is 11.3 Å². The molecule has 1 aromatic carbocycles. The Kier molecular flexibility index (Phi) is 5.67. The predicted octanol–water partition coefficient (Wildman–Crippen LogP) is 1.10. The second-order valence-electron chi connectivity index (χ2n) is 4.76. The number of nitrogens with zero attached hydrogens (tertiary/aromatic N) is 1. The van der Waals surface area contributed by atoms with Gasteiger partial charge in [-0.3, -0.25) is 9.59 Å². The van der Waals surface area contributed by atoms with Crippen molar-refractivity contribution in [2.24, 2.45) is 0 Å². The minimum absolute atomic E-state index is 0.155. The Bertz CT molecular complexity index is 738. The Labute approximate surface area is 137 Å². The molecule has 0 aliphatic carbocycles. The lowest BCUT2D eigenvalue weighted by Gasteiger charge is -2.06. The molecule has 0 fully saturated rings. The molecule has 1 aromatic heterocycles. The molecular weight excluding hydrogens is 316 g/mol. The van der Waals surface area contributed by atoms with Gasteiger partial charge in [0.1, 0.15) is 23.6 Å². The van der Waals surface area contributed by atoms with E-state index in [1.165, 1.54) is 7.11 Å². The maximum atomic E-state index is 12.2. The van der Waals surface area contributed by atoms with Crippen LogP contribution in [-0.2, 0) is 19.1 Å². The summed E-state index contributed by atoms with van der Waals surface area (Å²) in [4.78, 5) is 34.7. The summed E-state index contributed by atoms with van der Waals surface area (Å²) in [6.45, 7) is 0.747. The quantitative estimate of drug-likeness (QED) is 0.789. The molecule has 2 rings (SSSR count). The fraction of sp³-hybridized carbons (Fsp3) is 0.250. The number of benzene rings is 1. The van der Waals surface area contributed by atoms with Crippen molar-refractivity contribution in [1.29, 1.82) is 0 Å². The topological polar surface area (TPSA) is 108 Å². The monoisotopic (exact) mass is 332 g/mol. The maximum Gasteiger partial charge on any atom is 0.344 e. The van der Waals surface area contributed by atoms with E-state index in [0.717, 1.165) is 0 Å². The normalized spacial score (nSPS) is 10.1.